The van der Waals surface area contributed by atoms with E-state index in [1.165, 1.54) is 18.4 Å². The fraction of sp³-hybridized carbons (Fsp3) is 0.412. The maximum Gasteiger partial charge on any atom is 0.123 e. The Labute approximate surface area is 130 Å². The smallest absolute Gasteiger partial charge is 0.123 e. The molecule has 1 fully saturated rings. The monoisotopic (exact) mass is 302 g/mol. The van der Waals surface area contributed by atoms with E-state index < -0.39 is 0 Å². The van der Waals surface area contributed by atoms with Gasteiger partial charge in [0.15, 0.2) is 0 Å². The summed E-state index contributed by atoms with van der Waals surface area (Å²) < 4.78 is 5.94. The largest absolute Gasteiger partial charge is 0.492 e. The SMILES string of the molecule is NCc1ccccc1OCCN(Cc1ccsc1)C1CC1. The highest BCUT2D eigenvalue weighted by atomic mass is 32.1. The van der Waals surface area contributed by atoms with E-state index in [1.54, 1.807) is 11.3 Å². The minimum atomic E-state index is 0.525. The van der Waals surface area contributed by atoms with E-state index in [-0.39, 0.29) is 0 Å². The van der Waals surface area contributed by atoms with Gasteiger partial charge in [0.2, 0.25) is 0 Å². The Morgan fingerprint density at radius 2 is 2.10 bits per heavy atom. The fourth-order valence-corrected chi connectivity index (χ4v) is 3.19. The van der Waals surface area contributed by atoms with Crippen molar-refractivity contribution in [1.29, 1.82) is 0 Å². The van der Waals surface area contributed by atoms with Crippen molar-refractivity contribution in [2.24, 2.45) is 5.73 Å². The van der Waals surface area contributed by atoms with Gasteiger partial charge in [-0.15, -0.1) is 0 Å². The molecule has 1 aromatic heterocycles. The molecule has 21 heavy (non-hydrogen) atoms. The lowest BCUT2D eigenvalue weighted by molar-refractivity contribution is 0.194. The summed E-state index contributed by atoms with van der Waals surface area (Å²) in [5, 5.41) is 4.38. The Kier molecular flexibility index (Phi) is 4.91. The van der Waals surface area contributed by atoms with Crippen molar-refractivity contribution in [1.82, 2.24) is 4.90 Å². The minimum absolute atomic E-state index is 0.525. The number of hydrogen-bond acceptors (Lipinski definition) is 4. The van der Waals surface area contributed by atoms with Crippen molar-refractivity contribution in [3.05, 3.63) is 52.2 Å². The number of rotatable bonds is 8. The summed E-state index contributed by atoms with van der Waals surface area (Å²) in [6, 6.07) is 11.0. The van der Waals surface area contributed by atoms with Crippen LogP contribution in [0, 0.1) is 0 Å². The molecule has 0 unspecified atom stereocenters. The van der Waals surface area contributed by atoms with Crippen LogP contribution in [0.2, 0.25) is 0 Å². The van der Waals surface area contributed by atoms with Gasteiger partial charge in [-0.25, -0.2) is 0 Å². The molecule has 1 aliphatic rings. The van der Waals surface area contributed by atoms with Gasteiger partial charge in [-0.3, -0.25) is 4.90 Å². The minimum Gasteiger partial charge on any atom is -0.492 e. The van der Waals surface area contributed by atoms with Gasteiger partial charge in [0.05, 0.1) is 0 Å². The number of nitrogens with zero attached hydrogens (tertiary/aromatic N) is 1. The lowest BCUT2D eigenvalue weighted by atomic mass is 10.2. The summed E-state index contributed by atoms with van der Waals surface area (Å²) in [7, 11) is 0. The summed E-state index contributed by atoms with van der Waals surface area (Å²) in [6.07, 6.45) is 2.65. The number of nitrogens with two attached hydrogens (primary N) is 1. The average Bonchev–Trinajstić information content (AvgIpc) is 3.24. The summed E-state index contributed by atoms with van der Waals surface area (Å²) in [5.41, 5.74) is 8.23. The maximum absolute atomic E-state index is 5.94. The van der Waals surface area contributed by atoms with Crippen LogP contribution in [0.5, 0.6) is 5.75 Å². The van der Waals surface area contributed by atoms with Crippen molar-refractivity contribution in [2.45, 2.75) is 32.0 Å². The molecule has 0 radical (unpaired) electrons. The van der Waals surface area contributed by atoms with Crippen molar-refractivity contribution in [2.75, 3.05) is 13.2 Å². The van der Waals surface area contributed by atoms with Gasteiger partial charge in [-0.2, -0.15) is 11.3 Å². The Bertz CT molecular complexity index is 552. The fourth-order valence-electron chi connectivity index (χ4n) is 2.53. The molecule has 1 saturated carbocycles. The lowest BCUT2D eigenvalue weighted by Gasteiger charge is -2.22. The van der Waals surface area contributed by atoms with Crippen LogP contribution < -0.4 is 10.5 Å². The number of benzene rings is 1. The number of thiophene rings is 1. The van der Waals surface area contributed by atoms with Crippen LogP contribution in [0.25, 0.3) is 0 Å². The normalized spacial score (nSPS) is 14.6. The average molecular weight is 302 g/mol. The molecule has 0 spiro atoms. The van der Waals surface area contributed by atoms with Gasteiger partial charge in [0, 0.05) is 31.2 Å². The first kappa shape index (κ1) is 14.6. The topological polar surface area (TPSA) is 38.5 Å². The molecule has 0 saturated heterocycles. The zero-order valence-electron chi connectivity index (χ0n) is 12.2. The van der Waals surface area contributed by atoms with Gasteiger partial charge in [-0.05, 0) is 41.3 Å². The van der Waals surface area contributed by atoms with E-state index in [4.69, 9.17) is 10.5 Å². The van der Waals surface area contributed by atoms with Crippen molar-refractivity contribution >= 4 is 11.3 Å². The van der Waals surface area contributed by atoms with Crippen LogP contribution in [0.15, 0.2) is 41.1 Å². The third-order valence-electron chi connectivity index (χ3n) is 3.86. The van der Waals surface area contributed by atoms with Crippen LogP contribution in [0.1, 0.15) is 24.0 Å². The molecule has 0 bridgehead atoms. The molecule has 1 heterocycles. The van der Waals surface area contributed by atoms with E-state index in [0.29, 0.717) is 6.54 Å². The first-order chi connectivity index (χ1) is 10.4. The van der Waals surface area contributed by atoms with E-state index in [0.717, 1.165) is 37.1 Å². The zero-order valence-corrected chi connectivity index (χ0v) is 13.0. The molecule has 2 N–H and O–H groups in total. The predicted octanol–water partition coefficient (Wildman–Crippen LogP) is 3.25. The summed E-state index contributed by atoms with van der Waals surface area (Å²) in [4.78, 5) is 2.53. The van der Waals surface area contributed by atoms with Gasteiger partial charge in [-0.1, -0.05) is 18.2 Å². The third-order valence-corrected chi connectivity index (χ3v) is 4.59. The Morgan fingerprint density at radius 3 is 2.81 bits per heavy atom. The van der Waals surface area contributed by atoms with Crippen LogP contribution in [0.4, 0.5) is 0 Å². The third kappa shape index (κ3) is 4.06. The van der Waals surface area contributed by atoms with E-state index >= 15 is 0 Å². The van der Waals surface area contributed by atoms with Crippen LogP contribution >= 0.6 is 11.3 Å². The second-order valence-electron chi connectivity index (χ2n) is 5.49. The molecule has 3 rings (SSSR count). The van der Waals surface area contributed by atoms with Crippen molar-refractivity contribution in [3.63, 3.8) is 0 Å². The molecular formula is C17H22N2OS. The molecular weight excluding hydrogens is 280 g/mol. The van der Waals surface area contributed by atoms with Crippen LogP contribution in [-0.4, -0.2) is 24.1 Å². The molecule has 0 amide bonds. The van der Waals surface area contributed by atoms with Gasteiger partial charge in [0.1, 0.15) is 12.4 Å². The number of para-hydroxylation sites is 1. The maximum atomic E-state index is 5.94. The summed E-state index contributed by atoms with van der Waals surface area (Å²) in [6.45, 7) is 3.25. The van der Waals surface area contributed by atoms with Crippen molar-refractivity contribution in [3.8, 4) is 5.75 Å². The summed E-state index contributed by atoms with van der Waals surface area (Å²) >= 11 is 1.77. The van der Waals surface area contributed by atoms with Crippen molar-refractivity contribution < 1.29 is 4.74 Å². The highest BCUT2D eigenvalue weighted by molar-refractivity contribution is 7.07. The second-order valence-corrected chi connectivity index (χ2v) is 6.27. The molecule has 2 aromatic rings. The standard InChI is InChI=1S/C17H22N2OS/c18-11-15-3-1-2-4-17(15)20-9-8-19(16-5-6-16)12-14-7-10-21-13-14/h1-4,7,10,13,16H,5-6,8-9,11-12,18H2. The molecule has 4 heteroatoms. The Hall–Kier alpha value is -1.36. The Morgan fingerprint density at radius 1 is 1.24 bits per heavy atom. The number of hydrogen-bond donors (Lipinski definition) is 1. The van der Waals surface area contributed by atoms with Crippen LogP contribution in [-0.2, 0) is 13.1 Å². The summed E-state index contributed by atoms with van der Waals surface area (Å²) in [5.74, 6) is 0.922. The highest BCUT2D eigenvalue weighted by Crippen LogP contribution is 2.28. The van der Waals surface area contributed by atoms with E-state index in [1.807, 2.05) is 24.3 Å². The molecule has 0 aliphatic heterocycles. The van der Waals surface area contributed by atoms with Crippen LogP contribution in [0.3, 0.4) is 0 Å². The van der Waals surface area contributed by atoms with E-state index in [2.05, 4.69) is 21.7 Å². The first-order valence-corrected chi connectivity index (χ1v) is 8.47. The van der Waals surface area contributed by atoms with Gasteiger partial charge >= 0.3 is 0 Å². The Balaban J connectivity index is 1.52. The molecule has 112 valence electrons. The van der Waals surface area contributed by atoms with E-state index in [9.17, 15) is 0 Å². The first-order valence-electron chi connectivity index (χ1n) is 7.52. The zero-order chi connectivity index (χ0) is 14.5. The highest BCUT2D eigenvalue weighted by Gasteiger charge is 2.28. The molecule has 1 aromatic carbocycles. The molecule has 3 nitrogen and oxygen atoms in total. The quantitative estimate of drug-likeness (QED) is 0.813. The predicted molar refractivity (Wildman–Crippen MR) is 87.6 cm³/mol. The number of ether oxygens (including phenoxy) is 1. The molecule has 0 atom stereocenters. The molecule has 1 aliphatic carbocycles. The van der Waals surface area contributed by atoms with Gasteiger partial charge < -0.3 is 10.5 Å². The lowest BCUT2D eigenvalue weighted by Crippen LogP contribution is -2.30. The second kappa shape index (κ2) is 7.07. The van der Waals surface area contributed by atoms with Gasteiger partial charge in [0.25, 0.3) is 0 Å².